The lowest BCUT2D eigenvalue weighted by atomic mass is 9.90. The average molecular weight is 328 g/mol. The Morgan fingerprint density at radius 2 is 1.86 bits per heavy atom. The summed E-state index contributed by atoms with van der Waals surface area (Å²) in [6.07, 6.45) is 9.77. The van der Waals surface area contributed by atoms with Gasteiger partial charge in [0.05, 0.1) is 10.9 Å². The number of nitrogens with zero attached hydrogens (tertiary/aromatic N) is 1. The molecule has 5 nitrogen and oxygen atoms in total. The van der Waals surface area contributed by atoms with Gasteiger partial charge in [0.2, 0.25) is 10.0 Å². The highest BCUT2D eigenvalue weighted by atomic mass is 32.2. The minimum Gasteiger partial charge on any atom is -0.373 e. The molecule has 4 rings (SSSR count). The number of likely N-dealkylation sites (tertiary alicyclic amines) is 1. The Labute approximate surface area is 133 Å². The molecule has 0 radical (unpaired) electrons. The molecule has 4 aliphatic rings. The number of nitrogens with one attached hydrogen (secondary N) is 1. The molecule has 22 heavy (non-hydrogen) atoms. The maximum atomic E-state index is 12.2. The highest BCUT2D eigenvalue weighted by Gasteiger charge is 2.46. The maximum Gasteiger partial charge on any atom is 0.214 e. The van der Waals surface area contributed by atoms with Crippen molar-refractivity contribution in [3.8, 4) is 0 Å². The molecule has 1 spiro atoms. The van der Waals surface area contributed by atoms with Gasteiger partial charge in [-0.2, -0.15) is 0 Å². The van der Waals surface area contributed by atoms with E-state index in [2.05, 4.69) is 9.62 Å². The molecule has 2 saturated carbocycles. The number of rotatable bonds is 4. The van der Waals surface area contributed by atoms with Crippen LogP contribution in [0.1, 0.15) is 57.8 Å². The van der Waals surface area contributed by atoms with E-state index < -0.39 is 10.0 Å². The van der Waals surface area contributed by atoms with E-state index in [1.807, 2.05) is 0 Å². The van der Waals surface area contributed by atoms with E-state index in [4.69, 9.17) is 4.74 Å². The lowest BCUT2D eigenvalue weighted by Gasteiger charge is -2.39. The van der Waals surface area contributed by atoms with E-state index in [1.54, 1.807) is 0 Å². The van der Waals surface area contributed by atoms with Crippen molar-refractivity contribution >= 4 is 10.0 Å². The summed E-state index contributed by atoms with van der Waals surface area (Å²) in [5.41, 5.74) is -0.0996. The SMILES string of the molecule is O=S(=O)(N[C@@H]1CCO[C@]2(CCN(C3CCCC3)C2)C1)C1CC1. The van der Waals surface area contributed by atoms with Crippen LogP contribution in [0.4, 0.5) is 0 Å². The summed E-state index contributed by atoms with van der Waals surface area (Å²) in [6, 6.07) is 0.814. The van der Waals surface area contributed by atoms with E-state index in [0.717, 1.165) is 51.2 Å². The first-order chi connectivity index (χ1) is 10.6. The molecule has 0 aromatic heterocycles. The fourth-order valence-corrected chi connectivity index (χ4v) is 6.19. The third-order valence-electron chi connectivity index (χ3n) is 5.97. The molecule has 0 aromatic rings. The zero-order valence-electron chi connectivity index (χ0n) is 13.3. The lowest BCUT2D eigenvalue weighted by Crippen LogP contribution is -2.50. The van der Waals surface area contributed by atoms with Gasteiger partial charge in [-0.25, -0.2) is 13.1 Å². The van der Waals surface area contributed by atoms with Gasteiger partial charge in [-0.1, -0.05) is 12.8 Å². The molecule has 1 N–H and O–H groups in total. The van der Waals surface area contributed by atoms with E-state index in [1.165, 1.54) is 25.7 Å². The Morgan fingerprint density at radius 1 is 1.09 bits per heavy atom. The van der Waals surface area contributed by atoms with Crippen LogP contribution in [0.2, 0.25) is 0 Å². The predicted octanol–water partition coefficient (Wildman–Crippen LogP) is 1.63. The van der Waals surface area contributed by atoms with Crippen LogP contribution in [0.3, 0.4) is 0 Å². The first kappa shape index (κ1) is 15.4. The molecule has 4 fully saturated rings. The average Bonchev–Trinajstić information content (AvgIpc) is 3.07. The molecule has 0 unspecified atom stereocenters. The van der Waals surface area contributed by atoms with Crippen molar-refractivity contribution in [3.63, 3.8) is 0 Å². The van der Waals surface area contributed by atoms with Crippen molar-refractivity contribution in [2.75, 3.05) is 19.7 Å². The van der Waals surface area contributed by atoms with E-state index in [-0.39, 0.29) is 16.9 Å². The van der Waals surface area contributed by atoms with E-state index >= 15 is 0 Å². The highest BCUT2D eigenvalue weighted by molar-refractivity contribution is 7.90. The molecule has 0 aromatic carbocycles. The van der Waals surface area contributed by atoms with Crippen LogP contribution in [0.15, 0.2) is 0 Å². The van der Waals surface area contributed by atoms with Crippen molar-refractivity contribution < 1.29 is 13.2 Å². The third-order valence-corrected chi connectivity index (χ3v) is 7.99. The number of ether oxygens (including phenoxy) is 1. The van der Waals surface area contributed by atoms with Crippen LogP contribution < -0.4 is 4.72 Å². The van der Waals surface area contributed by atoms with E-state index in [0.29, 0.717) is 6.61 Å². The van der Waals surface area contributed by atoms with Crippen LogP contribution in [-0.4, -0.2) is 55.9 Å². The first-order valence-electron chi connectivity index (χ1n) is 8.96. The van der Waals surface area contributed by atoms with Crippen molar-refractivity contribution in [1.82, 2.24) is 9.62 Å². The van der Waals surface area contributed by atoms with Crippen LogP contribution in [0, 0.1) is 0 Å². The predicted molar refractivity (Wildman–Crippen MR) is 85.2 cm³/mol. The quantitative estimate of drug-likeness (QED) is 0.852. The summed E-state index contributed by atoms with van der Waals surface area (Å²) >= 11 is 0. The minimum atomic E-state index is -3.08. The number of sulfonamides is 1. The van der Waals surface area contributed by atoms with Gasteiger partial charge in [-0.3, -0.25) is 4.90 Å². The Bertz CT molecular complexity index is 513. The van der Waals surface area contributed by atoms with Gasteiger partial charge in [0.1, 0.15) is 0 Å². The molecule has 0 bridgehead atoms. The second-order valence-corrected chi connectivity index (χ2v) is 9.73. The third kappa shape index (κ3) is 3.07. The van der Waals surface area contributed by atoms with Crippen molar-refractivity contribution in [2.24, 2.45) is 0 Å². The first-order valence-corrected chi connectivity index (χ1v) is 10.5. The highest BCUT2D eigenvalue weighted by Crippen LogP contribution is 2.38. The zero-order chi connectivity index (χ0) is 15.2. The summed E-state index contributed by atoms with van der Waals surface area (Å²) in [4.78, 5) is 2.60. The van der Waals surface area contributed by atoms with Gasteiger partial charge in [-0.05, 0) is 44.9 Å². The topological polar surface area (TPSA) is 58.6 Å². The fourth-order valence-electron chi connectivity index (χ4n) is 4.58. The van der Waals surface area contributed by atoms with Crippen molar-refractivity contribution in [3.05, 3.63) is 0 Å². The molecule has 126 valence electrons. The van der Waals surface area contributed by atoms with Crippen molar-refractivity contribution in [2.45, 2.75) is 80.7 Å². The second-order valence-electron chi connectivity index (χ2n) is 7.74. The molecule has 2 atom stereocenters. The summed E-state index contributed by atoms with van der Waals surface area (Å²) in [7, 11) is -3.08. The molecule has 2 saturated heterocycles. The van der Waals surface area contributed by atoms with Crippen LogP contribution >= 0.6 is 0 Å². The van der Waals surface area contributed by atoms with Gasteiger partial charge in [-0.15, -0.1) is 0 Å². The molecule has 2 aliphatic carbocycles. The normalized spacial score (nSPS) is 38.1. The monoisotopic (exact) mass is 328 g/mol. The number of hydrogen-bond donors (Lipinski definition) is 1. The summed E-state index contributed by atoms with van der Waals surface area (Å²) in [5.74, 6) is 0. The summed E-state index contributed by atoms with van der Waals surface area (Å²) in [6.45, 7) is 2.81. The molecular weight excluding hydrogens is 300 g/mol. The number of hydrogen-bond acceptors (Lipinski definition) is 4. The van der Waals surface area contributed by atoms with Gasteiger partial charge in [0.25, 0.3) is 0 Å². The van der Waals surface area contributed by atoms with Gasteiger partial charge in [0, 0.05) is 31.8 Å². The largest absolute Gasteiger partial charge is 0.373 e. The molecule has 2 aliphatic heterocycles. The van der Waals surface area contributed by atoms with Crippen LogP contribution in [-0.2, 0) is 14.8 Å². The molecule has 6 heteroatoms. The maximum absolute atomic E-state index is 12.2. The Morgan fingerprint density at radius 3 is 2.59 bits per heavy atom. The zero-order valence-corrected chi connectivity index (χ0v) is 14.1. The summed E-state index contributed by atoms with van der Waals surface area (Å²) in [5, 5.41) is -0.120. The van der Waals surface area contributed by atoms with Gasteiger partial charge < -0.3 is 4.74 Å². The molecule has 2 heterocycles. The van der Waals surface area contributed by atoms with Gasteiger partial charge in [0.15, 0.2) is 0 Å². The smallest absolute Gasteiger partial charge is 0.214 e. The standard InChI is InChI=1S/C16H28N2O3S/c19-22(20,15-5-6-15)17-13-7-10-21-16(11-13)8-9-18(12-16)14-3-1-2-4-14/h13-15,17H,1-12H2/t13-,16-/m1/s1. The minimum absolute atomic E-state index is 0.0721. The van der Waals surface area contributed by atoms with Crippen LogP contribution in [0.25, 0.3) is 0 Å². The molecular formula is C16H28N2O3S. The summed E-state index contributed by atoms with van der Waals surface area (Å²) < 4.78 is 33.5. The van der Waals surface area contributed by atoms with E-state index in [9.17, 15) is 8.42 Å². The van der Waals surface area contributed by atoms with Gasteiger partial charge >= 0.3 is 0 Å². The second kappa shape index (κ2) is 5.72. The van der Waals surface area contributed by atoms with Crippen molar-refractivity contribution in [1.29, 1.82) is 0 Å². The fraction of sp³-hybridized carbons (Fsp3) is 1.00. The lowest BCUT2D eigenvalue weighted by molar-refractivity contribution is -0.0792. The Hall–Kier alpha value is -0.170. The van der Waals surface area contributed by atoms with Crippen LogP contribution in [0.5, 0.6) is 0 Å². The Balaban J connectivity index is 1.38. The Kier molecular flexibility index (Phi) is 4.00. The molecule has 0 amide bonds.